The molecule has 1 amide bonds. The van der Waals surface area contributed by atoms with Gasteiger partial charge in [0.05, 0.1) is 13.2 Å². The van der Waals surface area contributed by atoms with E-state index in [1.165, 1.54) is 11.8 Å². The lowest BCUT2D eigenvalue weighted by Gasteiger charge is -2.32. The standard InChI is InChI=1S/C30H38N6O9/c1-5-6-12-26(37)34(27(20(2)3)29(38)39)19-22-13-15-23(16-14-22)24-10-7-8-11-25(24)28-31-33-35(32-28)21(4)45-30(40)43-17-9-18-44-36(41)42/h7-8,10-11,13-16,20-21,27H,5-6,9,12,17-19H2,1-4H3,(H,38,39). The predicted octanol–water partition coefficient (Wildman–Crippen LogP) is 4.91. The van der Waals surface area contributed by atoms with Gasteiger partial charge in [0.25, 0.3) is 5.09 Å². The number of carbonyl (C=O) groups excluding carboxylic acids is 2. The number of carbonyl (C=O) groups is 3. The SMILES string of the molecule is CCCCC(=O)N(Cc1ccc(-c2ccccc2-c2nnn(C(C)OC(=O)OCCCO[N+](=O)[O-])n2)cc1)C(C(=O)O)C(C)C. The first-order valence-corrected chi connectivity index (χ1v) is 14.6. The summed E-state index contributed by atoms with van der Waals surface area (Å²) in [6.07, 6.45) is -0.0324. The fraction of sp³-hybridized carbons (Fsp3) is 0.467. The van der Waals surface area contributed by atoms with Gasteiger partial charge in [-0.3, -0.25) is 4.79 Å². The van der Waals surface area contributed by atoms with Crippen LogP contribution in [0.5, 0.6) is 0 Å². The Morgan fingerprint density at radius 3 is 2.33 bits per heavy atom. The van der Waals surface area contributed by atoms with Crippen molar-refractivity contribution in [3.05, 3.63) is 64.2 Å². The van der Waals surface area contributed by atoms with Gasteiger partial charge in [-0.25, -0.2) is 9.59 Å². The van der Waals surface area contributed by atoms with Gasteiger partial charge < -0.3 is 24.3 Å². The molecule has 0 radical (unpaired) electrons. The second-order valence-electron chi connectivity index (χ2n) is 10.6. The molecule has 0 aliphatic carbocycles. The maximum atomic E-state index is 13.0. The minimum Gasteiger partial charge on any atom is -0.480 e. The largest absolute Gasteiger partial charge is 0.510 e. The second-order valence-corrected chi connectivity index (χ2v) is 10.6. The van der Waals surface area contributed by atoms with Gasteiger partial charge in [-0.15, -0.1) is 25.1 Å². The van der Waals surface area contributed by atoms with E-state index in [4.69, 9.17) is 9.47 Å². The molecule has 0 bridgehead atoms. The van der Waals surface area contributed by atoms with Crippen LogP contribution in [0, 0.1) is 16.0 Å². The highest BCUT2D eigenvalue weighted by atomic mass is 16.9. The average Bonchev–Trinajstić information content (AvgIpc) is 3.50. The number of ether oxygens (including phenoxy) is 2. The van der Waals surface area contributed by atoms with E-state index in [0.29, 0.717) is 18.4 Å². The molecule has 1 heterocycles. The molecule has 242 valence electrons. The quantitative estimate of drug-likeness (QED) is 0.0924. The van der Waals surface area contributed by atoms with Crippen molar-refractivity contribution in [2.75, 3.05) is 13.2 Å². The Labute approximate surface area is 260 Å². The van der Waals surface area contributed by atoms with E-state index < -0.39 is 29.5 Å². The van der Waals surface area contributed by atoms with Crippen molar-refractivity contribution in [2.24, 2.45) is 5.92 Å². The van der Waals surface area contributed by atoms with Crippen molar-refractivity contribution in [3.63, 3.8) is 0 Å². The van der Waals surface area contributed by atoms with E-state index >= 15 is 0 Å². The number of nitrogens with zero attached hydrogens (tertiary/aromatic N) is 6. The zero-order valence-corrected chi connectivity index (χ0v) is 25.7. The van der Waals surface area contributed by atoms with Crippen LogP contribution < -0.4 is 0 Å². The molecule has 0 saturated carbocycles. The van der Waals surface area contributed by atoms with E-state index in [9.17, 15) is 29.6 Å². The lowest BCUT2D eigenvalue weighted by atomic mass is 9.97. The van der Waals surface area contributed by atoms with Crippen LogP contribution in [-0.2, 0) is 30.4 Å². The molecular formula is C30H38N6O9. The van der Waals surface area contributed by atoms with Gasteiger partial charge >= 0.3 is 12.1 Å². The molecule has 0 aliphatic heterocycles. The molecule has 3 aromatic rings. The van der Waals surface area contributed by atoms with Gasteiger partial charge in [-0.1, -0.05) is 75.7 Å². The third kappa shape index (κ3) is 9.98. The summed E-state index contributed by atoms with van der Waals surface area (Å²) in [5, 5.41) is 31.6. The van der Waals surface area contributed by atoms with E-state index in [2.05, 4.69) is 20.2 Å². The van der Waals surface area contributed by atoms with Crippen LogP contribution in [0.2, 0.25) is 0 Å². The van der Waals surface area contributed by atoms with Gasteiger partial charge in [0.15, 0.2) is 0 Å². The first-order valence-electron chi connectivity index (χ1n) is 14.6. The molecule has 2 aromatic carbocycles. The summed E-state index contributed by atoms with van der Waals surface area (Å²) in [4.78, 5) is 53.9. The van der Waals surface area contributed by atoms with Gasteiger partial charge in [0.2, 0.25) is 18.0 Å². The first-order chi connectivity index (χ1) is 21.5. The Morgan fingerprint density at radius 1 is 1.02 bits per heavy atom. The highest BCUT2D eigenvalue weighted by Gasteiger charge is 2.32. The van der Waals surface area contributed by atoms with Crippen molar-refractivity contribution < 1.29 is 38.9 Å². The third-order valence-corrected chi connectivity index (χ3v) is 6.80. The van der Waals surface area contributed by atoms with E-state index in [-0.39, 0.29) is 43.8 Å². The van der Waals surface area contributed by atoms with Crippen LogP contribution in [0.25, 0.3) is 22.5 Å². The summed E-state index contributed by atoms with van der Waals surface area (Å²) >= 11 is 0. The van der Waals surface area contributed by atoms with E-state index in [0.717, 1.165) is 27.9 Å². The smallest absolute Gasteiger partial charge is 0.480 e. The Bertz CT molecular complexity index is 1440. The van der Waals surface area contributed by atoms with Crippen molar-refractivity contribution in [2.45, 2.75) is 72.2 Å². The van der Waals surface area contributed by atoms with Crippen molar-refractivity contribution in [1.82, 2.24) is 25.1 Å². The maximum absolute atomic E-state index is 13.0. The number of tetrazole rings is 1. The Balaban J connectivity index is 1.73. The number of hydrogen-bond acceptors (Lipinski definition) is 11. The van der Waals surface area contributed by atoms with Crippen LogP contribution in [0.4, 0.5) is 4.79 Å². The Hall–Kier alpha value is -5.08. The van der Waals surface area contributed by atoms with Gasteiger partial charge in [0, 0.05) is 24.9 Å². The molecule has 0 aliphatic rings. The summed E-state index contributed by atoms with van der Waals surface area (Å²) in [6, 6.07) is 14.0. The number of amides is 1. The number of aromatic nitrogens is 4. The highest BCUT2D eigenvalue weighted by molar-refractivity contribution is 5.84. The maximum Gasteiger partial charge on any atom is 0.510 e. The fourth-order valence-electron chi connectivity index (χ4n) is 4.57. The van der Waals surface area contributed by atoms with Gasteiger partial charge in [-0.2, -0.15) is 0 Å². The summed E-state index contributed by atoms with van der Waals surface area (Å²) in [5.41, 5.74) is 3.09. The number of rotatable bonds is 17. The summed E-state index contributed by atoms with van der Waals surface area (Å²) in [7, 11) is 0. The number of benzene rings is 2. The topological polar surface area (TPSA) is 189 Å². The molecule has 1 aromatic heterocycles. The molecule has 0 spiro atoms. The van der Waals surface area contributed by atoms with Crippen molar-refractivity contribution in [1.29, 1.82) is 0 Å². The highest BCUT2D eigenvalue weighted by Crippen LogP contribution is 2.30. The van der Waals surface area contributed by atoms with Crippen LogP contribution in [0.3, 0.4) is 0 Å². The fourth-order valence-corrected chi connectivity index (χ4v) is 4.57. The third-order valence-electron chi connectivity index (χ3n) is 6.80. The molecular weight excluding hydrogens is 588 g/mol. The normalized spacial score (nSPS) is 12.3. The Kier molecular flexibility index (Phi) is 12.8. The predicted molar refractivity (Wildman–Crippen MR) is 160 cm³/mol. The second kappa shape index (κ2) is 16.7. The summed E-state index contributed by atoms with van der Waals surface area (Å²) in [6.45, 7) is 6.92. The van der Waals surface area contributed by atoms with Crippen molar-refractivity contribution >= 4 is 18.0 Å². The number of hydrogen-bond donors (Lipinski definition) is 1. The van der Waals surface area contributed by atoms with E-state index in [1.54, 1.807) is 13.8 Å². The number of aliphatic carboxylic acids is 1. The van der Waals surface area contributed by atoms with Crippen LogP contribution >= 0.6 is 0 Å². The first kappa shape index (κ1) is 34.4. The molecule has 45 heavy (non-hydrogen) atoms. The van der Waals surface area contributed by atoms with Crippen LogP contribution in [0.1, 0.15) is 65.2 Å². The molecule has 15 nitrogen and oxygen atoms in total. The van der Waals surface area contributed by atoms with Gasteiger partial charge in [-0.05, 0) is 41.2 Å². The number of unbranched alkanes of at least 4 members (excludes halogenated alkanes) is 1. The molecule has 3 rings (SSSR count). The average molecular weight is 627 g/mol. The zero-order chi connectivity index (χ0) is 32.9. The molecule has 1 N–H and O–H groups in total. The van der Waals surface area contributed by atoms with Crippen LogP contribution in [-0.4, -0.2) is 72.6 Å². The number of carboxylic acids is 1. The van der Waals surface area contributed by atoms with Crippen molar-refractivity contribution in [3.8, 4) is 22.5 Å². The molecule has 2 atom stereocenters. The Morgan fingerprint density at radius 2 is 1.71 bits per heavy atom. The van der Waals surface area contributed by atoms with E-state index in [1.807, 2.05) is 55.5 Å². The lowest BCUT2D eigenvalue weighted by Crippen LogP contribution is -2.47. The summed E-state index contributed by atoms with van der Waals surface area (Å²) < 4.78 is 10.0. The minimum absolute atomic E-state index is 0.115. The summed E-state index contributed by atoms with van der Waals surface area (Å²) in [5.74, 6) is -1.20. The minimum atomic E-state index is -1.03. The molecule has 0 saturated heterocycles. The molecule has 2 unspecified atom stereocenters. The van der Waals surface area contributed by atoms with Crippen LogP contribution in [0.15, 0.2) is 48.5 Å². The lowest BCUT2D eigenvalue weighted by molar-refractivity contribution is -0.757. The number of carboxylic acid groups (broad SMARTS) is 1. The molecule has 0 fully saturated rings. The zero-order valence-electron chi connectivity index (χ0n) is 25.7. The van der Waals surface area contributed by atoms with Gasteiger partial charge in [0.1, 0.15) is 6.04 Å². The molecule has 15 heteroatoms. The monoisotopic (exact) mass is 626 g/mol.